The fourth-order valence-corrected chi connectivity index (χ4v) is 6.57. The number of hydrogen-bond acceptors (Lipinski definition) is 4. The molecule has 0 bridgehead atoms. The van der Waals surface area contributed by atoms with Crippen molar-refractivity contribution in [3.63, 3.8) is 0 Å². The Bertz CT molecular complexity index is 354. The molecule has 0 N–H and O–H groups in total. The van der Waals surface area contributed by atoms with Crippen LogP contribution in [0.4, 0.5) is 0 Å². The van der Waals surface area contributed by atoms with Gasteiger partial charge in [-0.1, -0.05) is 39.9 Å². The van der Waals surface area contributed by atoms with Crippen molar-refractivity contribution in [1.82, 2.24) is 4.90 Å². The molecular weight excluding hydrogens is 330 g/mol. The average Bonchev–Trinajstić information content (AvgIpc) is 2.47. The molecule has 3 nitrogen and oxygen atoms in total. The third-order valence-electron chi connectivity index (χ3n) is 2.60. The van der Waals surface area contributed by atoms with Gasteiger partial charge in [0, 0.05) is 18.3 Å². The summed E-state index contributed by atoms with van der Waals surface area (Å²) in [6, 6.07) is 0. The van der Waals surface area contributed by atoms with E-state index in [2.05, 4.69) is 20.8 Å². The predicted molar refractivity (Wildman–Crippen MR) is 78.0 cm³/mol. The van der Waals surface area contributed by atoms with Gasteiger partial charge in [-0.05, 0) is 20.3 Å². The highest BCUT2D eigenvalue weighted by Gasteiger charge is 2.39. The minimum absolute atomic E-state index is 0.0538. The van der Waals surface area contributed by atoms with E-state index >= 15 is 0 Å². The Hall–Kier alpha value is 0.670. The molecule has 1 heterocycles. The molecule has 0 amide bonds. The second-order valence-electron chi connectivity index (χ2n) is 3.60. The molecule has 0 aromatic rings. The van der Waals surface area contributed by atoms with Gasteiger partial charge in [-0.3, -0.25) is 0 Å². The van der Waals surface area contributed by atoms with Gasteiger partial charge in [0.15, 0.2) is 9.84 Å². The van der Waals surface area contributed by atoms with E-state index in [4.69, 9.17) is 12.2 Å². The van der Waals surface area contributed by atoms with Gasteiger partial charge in [0.2, 0.25) is 0 Å². The zero-order valence-corrected chi connectivity index (χ0v) is 13.4. The lowest BCUT2D eigenvalue weighted by atomic mass is 10.4. The Morgan fingerprint density at radius 3 is 2.44 bits per heavy atom. The SMILES string of the molecule is CCN(CC)C(=S)S[C@H]1CCS(=O)(=O)[C@@H]1Br. The largest absolute Gasteiger partial charge is 0.358 e. The van der Waals surface area contributed by atoms with E-state index in [9.17, 15) is 8.42 Å². The maximum absolute atomic E-state index is 11.5. The normalized spacial score (nSPS) is 27.9. The van der Waals surface area contributed by atoms with E-state index < -0.39 is 14.0 Å². The van der Waals surface area contributed by atoms with Gasteiger partial charge >= 0.3 is 0 Å². The van der Waals surface area contributed by atoms with Gasteiger partial charge in [-0.2, -0.15) is 0 Å². The fraction of sp³-hybridized carbons (Fsp3) is 0.889. The van der Waals surface area contributed by atoms with E-state index in [-0.39, 0.29) is 11.0 Å². The Kier molecular flexibility index (Phi) is 5.54. The number of thiocarbonyl (C=S) groups is 1. The van der Waals surface area contributed by atoms with Crippen molar-refractivity contribution in [3.8, 4) is 0 Å². The Labute approximate surface area is 115 Å². The van der Waals surface area contributed by atoms with Crippen LogP contribution >= 0.6 is 39.9 Å². The first-order chi connectivity index (χ1) is 7.42. The van der Waals surface area contributed by atoms with Crippen LogP contribution in [0.1, 0.15) is 20.3 Å². The summed E-state index contributed by atoms with van der Waals surface area (Å²) in [7, 11) is -2.94. The smallest absolute Gasteiger partial charge is 0.164 e. The van der Waals surface area contributed by atoms with Crippen LogP contribution in [0, 0.1) is 0 Å². The molecule has 1 rings (SSSR count). The molecule has 0 aromatic heterocycles. The van der Waals surface area contributed by atoms with Gasteiger partial charge in [0.05, 0.1) is 5.75 Å². The van der Waals surface area contributed by atoms with E-state index in [1.54, 1.807) is 0 Å². The Balaban J connectivity index is 2.60. The maximum Gasteiger partial charge on any atom is 0.164 e. The number of rotatable bonds is 3. The van der Waals surface area contributed by atoms with Crippen molar-refractivity contribution in [2.24, 2.45) is 0 Å². The van der Waals surface area contributed by atoms with Crippen LogP contribution in [0.3, 0.4) is 0 Å². The average molecular weight is 346 g/mol. The summed E-state index contributed by atoms with van der Waals surface area (Å²) in [4.78, 5) is 2.07. The summed E-state index contributed by atoms with van der Waals surface area (Å²) in [6.45, 7) is 5.84. The second-order valence-corrected chi connectivity index (χ2v) is 9.31. The van der Waals surface area contributed by atoms with Gasteiger partial charge in [-0.25, -0.2) is 8.42 Å². The quantitative estimate of drug-likeness (QED) is 0.579. The van der Waals surface area contributed by atoms with E-state index in [0.29, 0.717) is 6.42 Å². The number of nitrogens with zero attached hydrogens (tertiary/aromatic N) is 1. The van der Waals surface area contributed by atoms with E-state index in [0.717, 1.165) is 17.4 Å². The molecule has 94 valence electrons. The molecular formula is C9H16BrNO2S3. The number of halogens is 1. The lowest BCUT2D eigenvalue weighted by Crippen LogP contribution is -2.29. The van der Waals surface area contributed by atoms with Gasteiger partial charge in [0.25, 0.3) is 0 Å². The Morgan fingerprint density at radius 1 is 1.50 bits per heavy atom. The van der Waals surface area contributed by atoms with Crippen molar-refractivity contribution in [2.75, 3.05) is 18.8 Å². The lowest BCUT2D eigenvalue weighted by Gasteiger charge is -2.23. The zero-order chi connectivity index (χ0) is 12.3. The first-order valence-electron chi connectivity index (χ1n) is 5.23. The van der Waals surface area contributed by atoms with Crippen molar-refractivity contribution in [1.29, 1.82) is 0 Å². The highest BCUT2D eigenvalue weighted by atomic mass is 79.9. The van der Waals surface area contributed by atoms with Crippen molar-refractivity contribution in [3.05, 3.63) is 0 Å². The molecule has 0 radical (unpaired) electrons. The van der Waals surface area contributed by atoms with Crippen molar-refractivity contribution < 1.29 is 8.42 Å². The zero-order valence-electron chi connectivity index (χ0n) is 9.35. The summed E-state index contributed by atoms with van der Waals surface area (Å²) in [5.41, 5.74) is 0. The highest BCUT2D eigenvalue weighted by Crippen LogP contribution is 2.35. The molecule has 0 aromatic carbocycles. The minimum Gasteiger partial charge on any atom is -0.358 e. The van der Waals surface area contributed by atoms with Gasteiger partial charge < -0.3 is 4.90 Å². The number of hydrogen-bond donors (Lipinski definition) is 0. The molecule has 2 atom stereocenters. The van der Waals surface area contributed by atoms with Crippen LogP contribution in [0.5, 0.6) is 0 Å². The summed E-state index contributed by atoms with van der Waals surface area (Å²) >= 11 is 10.1. The third-order valence-corrected chi connectivity index (χ3v) is 9.10. The highest BCUT2D eigenvalue weighted by molar-refractivity contribution is 9.11. The van der Waals surface area contributed by atoms with E-state index in [1.807, 2.05) is 13.8 Å². The minimum atomic E-state index is -2.94. The van der Waals surface area contributed by atoms with Gasteiger partial charge in [0.1, 0.15) is 8.48 Å². The molecule has 0 aliphatic carbocycles. The molecule has 0 unspecified atom stereocenters. The summed E-state index contributed by atoms with van der Waals surface area (Å²) in [5, 5.41) is 0.0538. The summed E-state index contributed by atoms with van der Waals surface area (Å²) in [6.07, 6.45) is 0.685. The van der Waals surface area contributed by atoms with Crippen LogP contribution in [0.15, 0.2) is 0 Å². The van der Waals surface area contributed by atoms with E-state index in [1.165, 1.54) is 11.8 Å². The molecule has 0 spiro atoms. The van der Waals surface area contributed by atoms with Crippen molar-refractivity contribution in [2.45, 2.75) is 29.7 Å². The monoisotopic (exact) mass is 345 g/mol. The Morgan fingerprint density at radius 2 is 2.06 bits per heavy atom. The number of alkyl halides is 1. The first-order valence-corrected chi connectivity index (χ1v) is 9.15. The second kappa shape index (κ2) is 6.02. The van der Waals surface area contributed by atoms with Crippen LogP contribution < -0.4 is 0 Å². The summed E-state index contributed by atoms with van der Waals surface area (Å²) < 4.78 is 23.4. The molecule has 1 aliphatic rings. The lowest BCUT2D eigenvalue weighted by molar-refractivity contribution is 0.482. The fourth-order valence-electron chi connectivity index (χ4n) is 1.55. The van der Waals surface area contributed by atoms with Crippen LogP contribution in [0.25, 0.3) is 0 Å². The summed E-state index contributed by atoms with van der Waals surface area (Å²) in [5.74, 6) is 0.265. The first kappa shape index (κ1) is 14.7. The molecule has 0 saturated carbocycles. The van der Waals surface area contributed by atoms with Crippen molar-refractivity contribution >= 4 is 54.1 Å². The van der Waals surface area contributed by atoms with Gasteiger partial charge in [-0.15, -0.1) is 0 Å². The molecule has 1 fully saturated rings. The molecule has 7 heteroatoms. The number of sulfone groups is 1. The molecule has 16 heavy (non-hydrogen) atoms. The molecule has 1 saturated heterocycles. The van der Waals surface area contributed by atoms with Crippen LogP contribution in [0.2, 0.25) is 0 Å². The standard InChI is InChI=1S/C9H16BrNO2S3/c1-3-11(4-2)9(14)15-7-5-6-16(12,13)8(7)10/h7-8H,3-6H2,1-2H3/t7-,8-/m0/s1. The predicted octanol–water partition coefficient (Wildman–Crippen LogP) is 2.25. The number of thioether (sulfide) groups is 1. The maximum atomic E-state index is 11.5. The van der Waals surface area contributed by atoms with Crippen LogP contribution in [-0.2, 0) is 9.84 Å². The molecule has 1 aliphatic heterocycles. The third kappa shape index (κ3) is 3.34. The topological polar surface area (TPSA) is 37.4 Å². The van der Waals surface area contributed by atoms with Crippen LogP contribution in [-0.4, -0.2) is 45.9 Å².